The van der Waals surface area contributed by atoms with Crippen molar-refractivity contribution in [2.45, 2.75) is 30.2 Å². The molecule has 2 aliphatic rings. The minimum absolute atomic E-state index is 0.00812. The molecule has 2 aromatic rings. The van der Waals surface area contributed by atoms with Crippen LogP contribution in [0.1, 0.15) is 40.4 Å². The number of halogens is 1. The van der Waals surface area contributed by atoms with Gasteiger partial charge in [-0.1, -0.05) is 23.7 Å². The van der Waals surface area contributed by atoms with Gasteiger partial charge in [0.15, 0.2) is 17.3 Å². The molecule has 1 unspecified atom stereocenters. The van der Waals surface area contributed by atoms with Gasteiger partial charge in [-0.3, -0.25) is 9.69 Å². The van der Waals surface area contributed by atoms with Gasteiger partial charge in [0.1, 0.15) is 4.90 Å². The molecule has 0 spiro atoms. The van der Waals surface area contributed by atoms with Crippen molar-refractivity contribution in [1.82, 2.24) is 9.62 Å². The van der Waals surface area contributed by atoms with Gasteiger partial charge in [-0.25, -0.2) is 13.1 Å². The number of benzene rings is 2. The lowest BCUT2D eigenvalue weighted by Crippen LogP contribution is -2.36. The molecule has 1 atom stereocenters. The fourth-order valence-corrected chi connectivity index (χ4v) is 6.13. The Balaban J connectivity index is 1.44. The largest absolute Gasteiger partial charge is 0.493 e. The van der Waals surface area contributed by atoms with E-state index < -0.39 is 10.0 Å². The second-order valence-corrected chi connectivity index (χ2v) is 9.81. The third-order valence-corrected chi connectivity index (χ3v) is 7.90. The molecule has 166 valence electrons. The summed E-state index contributed by atoms with van der Waals surface area (Å²) in [5.74, 6) is 1.15. The van der Waals surface area contributed by atoms with Gasteiger partial charge in [-0.05, 0) is 42.2 Å². The molecule has 4 rings (SSSR count). The molecule has 1 aliphatic carbocycles. The Morgan fingerprint density at radius 2 is 2.00 bits per heavy atom. The molecule has 0 aromatic heterocycles. The number of ether oxygens (including phenoxy) is 2. The summed E-state index contributed by atoms with van der Waals surface area (Å²) in [5.41, 5.74) is 2.79. The number of carbonyl (C=O) groups excluding carboxylic acids is 1. The fourth-order valence-electron chi connectivity index (χ4n) is 4.53. The van der Waals surface area contributed by atoms with Gasteiger partial charge < -0.3 is 9.47 Å². The highest BCUT2D eigenvalue weighted by Crippen LogP contribution is 2.48. The van der Waals surface area contributed by atoms with E-state index in [4.69, 9.17) is 21.1 Å². The van der Waals surface area contributed by atoms with Gasteiger partial charge in [0.2, 0.25) is 10.0 Å². The van der Waals surface area contributed by atoms with E-state index in [0.717, 1.165) is 24.1 Å². The maximum absolute atomic E-state index is 12.8. The monoisotopic (exact) mass is 464 g/mol. The normalized spacial score (nSPS) is 18.2. The molecule has 2 aromatic carbocycles. The Hall–Kier alpha value is -2.13. The van der Waals surface area contributed by atoms with Crippen molar-refractivity contribution in [2.75, 3.05) is 33.9 Å². The van der Waals surface area contributed by atoms with Gasteiger partial charge >= 0.3 is 0 Å². The number of ketones is 1. The summed E-state index contributed by atoms with van der Waals surface area (Å²) in [6.07, 6.45) is 1.82. The molecule has 0 radical (unpaired) electrons. The number of hydrogen-bond donors (Lipinski definition) is 1. The Morgan fingerprint density at radius 3 is 2.71 bits per heavy atom. The number of rotatable bonds is 8. The Labute approximate surface area is 187 Å². The van der Waals surface area contributed by atoms with Crippen molar-refractivity contribution >= 4 is 27.4 Å². The summed E-state index contributed by atoms with van der Waals surface area (Å²) in [4.78, 5) is 15.1. The fraction of sp³-hybridized carbons (Fsp3) is 0.409. The van der Waals surface area contributed by atoms with Crippen LogP contribution in [-0.2, 0) is 16.4 Å². The molecule has 0 amide bonds. The molecule has 0 bridgehead atoms. The third-order valence-electron chi connectivity index (χ3n) is 5.94. The van der Waals surface area contributed by atoms with Crippen LogP contribution in [0.15, 0.2) is 35.2 Å². The summed E-state index contributed by atoms with van der Waals surface area (Å²) >= 11 is 6.02. The van der Waals surface area contributed by atoms with Crippen molar-refractivity contribution in [3.8, 4) is 11.5 Å². The second kappa shape index (κ2) is 8.78. The quantitative estimate of drug-likeness (QED) is 0.604. The number of methoxy groups -OCH3 is 2. The molecular weight excluding hydrogens is 440 g/mol. The number of nitrogens with zero attached hydrogens (tertiary/aromatic N) is 1. The average molecular weight is 465 g/mol. The predicted molar refractivity (Wildman–Crippen MR) is 118 cm³/mol. The lowest BCUT2D eigenvalue weighted by atomic mass is 9.92. The molecule has 1 heterocycles. The van der Waals surface area contributed by atoms with Gasteiger partial charge in [-0.15, -0.1) is 0 Å². The Bertz CT molecular complexity index is 1120. The van der Waals surface area contributed by atoms with Crippen molar-refractivity contribution < 1.29 is 22.7 Å². The van der Waals surface area contributed by atoms with Crippen molar-refractivity contribution in [3.05, 3.63) is 52.0 Å². The Morgan fingerprint density at radius 1 is 1.23 bits per heavy atom. The highest BCUT2D eigenvalue weighted by molar-refractivity contribution is 7.89. The predicted octanol–water partition coefficient (Wildman–Crippen LogP) is 3.21. The first kappa shape index (κ1) is 22.1. The van der Waals surface area contributed by atoms with Crippen LogP contribution in [0.2, 0.25) is 5.02 Å². The van der Waals surface area contributed by atoms with Crippen LogP contribution >= 0.6 is 11.6 Å². The van der Waals surface area contributed by atoms with E-state index in [1.165, 1.54) is 6.07 Å². The first-order valence-electron chi connectivity index (χ1n) is 10.2. The van der Waals surface area contributed by atoms with Gasteiger partial charge in [0, 0.05) is 32.1 Å². The van der Waals surface area contributed by atoms with Crippen LogP contribution in [0.5, 0.6) is 11.5 Å². The van der Waals surface area contributed by atoms with Crippen molar-refractivity contribution in [1.29, 1.82) is 0 Å². The van der Waals surface area contributed by atoms with E-state index in [0.29, 0.717) is 36.4 Å². The first-order valence-corrected chi connectivity index (χ1v) is 12.0. The van der Waals surface area contributed by atoms with E-state index in [-0.39, 0.29) is 28.3 Å². The molecule has 7 nitrogen and oxygen atoms in total. The third kappa shape index (κ3) is 4.05. The van der Waals surface area contributed by atoms with E-state index >= 15 is 0 Å². The average Bonchev–Trinajstić information content (AvgIpc) is 3.10. The standard InChI is InChI=1S/C22H25ClN2O5S/c1-29-18-12-14-8-11-25(16-13-17(26)21(20(14)16)22(18)30-2)10-5-9-24-31(27,28)19-7-4-3-6-15(19)23/h3-4,6-7,12,16,24H,5,8-11,13H2,1-2H3. The SMILES string of the molecule is COc1cc2c3c(c1OC)C(=O)CC3N(CCCNS(=O)(=O)c1ccccc1Cl)CC2. The zero-order chi connectivity index (χ0) is 22.2. The summed E-state index contributed by atoms with van der Waals surface area (Å²) in [6.45, 7) is 1.77. The zero-order valence-electron chi connectivity index (χ0n) is 17.5. The topological polar surface area (TPSA) is 84.9 Å². The maximum atomic E-state index is 12.8. The molecule has 0 saturated heterocycles. The lowest BCUT2D eigenvalue weighted by Gasteiger charge is -2.35. The maximum Gasteiger partial charge on any atom is 0.242 e. The Kier molecular flexibility index (Phi) is 6.25. The van der Waals surface area contributed by atoms with E-state index in [9.17, 15) is 13.2 Å². The van der Waals surface area contributed by atoms with Crippen LogP contribution in [-0.4, -0.2) is 53.0 Å². The number of nitrogens with one attached hydrogen (secondary N) is 1. The van der Waals surface area contributed by atoms with Crippen LogP contribution in [0, 0.1) is 0 Å². The lowest BCUT2D eigenvalue weighted by molar-refractivity contribution is 0.0947. The van der Waals surface area contributed by atoms with Gasteiger partial charge in [-0.2, -0.15) is 0 Å². The zero-order valence-corrected chi connectivity index (χ0v) is 19.1. The van der Waals surface area contributed by atoms with E-state index in [2.05, 4.69) is 9.62 Å². The first-order chi connectivity index (χ1) is 14.9. The number of carbonyl (C=O) groups is 1. The van der Waals surface area contributed by atoms with Crippen LogP contribution in [0.25, 0.3) is 0 Å². The summed E-state index contributed by atoms with van der Waals surface area (Å²) < 4.78 is 38.5. The second-order valence-electron chi connectivity index (χ2n) is 7.67. The van der Waals surface area contributed by atoms with Crippen LogP contribution < -0.4 is 14.2 Å². The van der Waals surface area contributed by atoms with Crippen LogP contribution in [0.3, 0.4) is 0 Å². The smallest absolute Gasteiger partial charge is 0.242 e. The van der Waals surface area contributed by atoms with Crippen LogP contribution in [0.4, 0.5) is 0 Å². The summed E-state index contributed by atoms with van der Waals surface area (Å²) in [7, 11) is -0.537. The minimum Gasteiger partial charge on any atom is -0.493 e. The number of hydrogen-bond acceptors (Lipinski definition) is 6. The van der Waals surface area contributed by atoms with E-state index in [1.54, 1.807) is 32.4 Å². The molecule has 9 heteroatoms. The number of Topliss-reactive ketones (excluding diaryl/α,β-unsaturated/α-hetero) is 1. The minimum atomic E-state index is -3.66. The highest BCUT2D eigenvalue weighted by atomic mass is 35.5. The van der Waals surface area contributed by atoms with Gasteiger partial charge in [0.25, 0.3) is 0 Å². The molecule has 31 heavy (non-hydrogen) atoms. The van der Waals surface area contributed by atoms with Gasteiger partial charge in [0.05, 0.1) is 24.8 Å². The molecular formula is C22H25ClN2O5S. The molecule has 0 fully saturated rings. The summed E-state index contributed by atoms with van der Waals surface area (Å²) in [5, 5.41) is 0.198. The molecule has 1 N–H and O–H groups in total. The molecule has 0 saturated carbocycles. The van der Waals surface area contributed by atoms with E-state index in [1.807, 2.05) is 6.07 Å². The van der Waals surface area contributed by atoms with Crippen molar-refractivity contribution in [2.24, 2.45) is 0 Å². The van der Waals surface area contributed by atoms with Crippen molar-refractivity contribution in [3.63, 3.8) is 0 Å². The number of sulfonamides is 1. The highest BCUT2D eigenvalue weighted by Gasteiger charge is 2.41. The molecule has 1 aliphatic heterocycles. The summed E-state index contributed by atoms with van der Waals surface area (Å²) in [6, 6.07) is 8.34.